The summed E-state index contributed by atoms with van der Waals surface area (Å²) >= 11 is 0. The molecule has 2 aromatic rings. The largest absolute Gasteiger partial charge is 0.349 e. The summed E-state index contributed by atoms with van der Waals surface area (Å²) in [7, 11) is -3.32. The highest BCUT2D eigenvalue weighted by molar-refractivity contribution is 7.92. The first-order valence-electron chi connectivity index (χ1n) is 8.13. The van der Waals surface area contributed by atoms with E-state index in [1.807, 2.05) is 32.0 Å². The van der Waals surface area contributed by atoms with Gasteiger partial charge in [-0.05, 0) is 57.2 Å². The highest BCUT2D eigenvalue weighted by Crippen LogP contribution is 2.12. The van der Waals surface area contributed by atoms with Crippen LogP contribution in [0.15, 0.2) is 42.5 Å². The van der Waals surface area contributed by atoms with E-state index in [4.69, 9.17) is 0 Å². The molecule has 0 saturated carbocycles. The maximum absolute atomic E-state index is 12.3. The molecule has 7 heteroatoms. The maximum Gasteiger partial charge on any atom is 0.251 e. The van der Waals surface area contributed by atoms with Gasteiger partial charge in [-0.2, -0.15) is 0 Å². The van der Waals surface area contributed by atoms with E-state index in [0.717, 1.165) is 11.4 Å². The molecule has 0 radical (unpaired) electrons. The Kier molecular flexibility index (Phi) is 6.14. The van der Waals surface area contributed by atoms with Crippen LogP contribution in [0.1, 0.15) is 35.6 Å². The Morgan fingerprint density at radius 1 is 1.16 bits per heavy atom. The number of rotatable bonds is 7. The van der Waals surface area contributed by atoms with Gasteiger partial charge in [0.15, 0.2) is 0 Å². The van der Waals surface area contributed by atoms with Crippen molar-refractivity contribution < 1.29 is 13.2 Å². The first kappa shape index (κ1) is 18.9. The SMILES string of the molecule is CCS(=O)(=O)Nc1ccc(C(=O)N[C@@H](C)Cc2cccc(C)n2)cc1. The molecule has 25 heavy (non-hydrogen) atoms. The number of amides is 1. The number of hydrogen-bond acceptors (Lipinski definition) is 4. The van der Waals surface area contributed by atoms with Crippen molar-refractivity contribution in [2.75, 3.05) is 10.5 Å². The second-order valence-corrected chi connectivity index (χ2v) is 7.94. The lowest BCUT2D eigenvalue weighted by atomic mass is 10.1. The van der Waals surface area contributed by atoms with Gasteiger partial charge in [0.25, 0.3) is 5.91 Å². The molecule has 0 aliphatic heterocycles. The normalized spacial score (nSPS) is 12.4. The van der Waals surface area contributed by atoms with Crippen LogP contribution < -0.4 is 10.0 Å². The molecule has 1 aromatic carbocycles. The Morgan fingerprint density at radius 2 is 1.84 bits per heavy atom. The summed E-state index contributed by atoms with van der Waals surface area (Å²) in [6, 6.07) is 12.1. The summed E-state index contributed by atoms with van der Waals surface area (Å²) in [4.78, 5) is 16.7. The summed E-state index contributed by atoms with van der Waals surface area (Å²) in [5.74, 6) is -0.204. The van der Waals surface area contributed by atoms with E-state index in [0.29, 0.717) is 17.7 Å². The van der Waals surface area contributed by atoms with Gasteiger partial charge >= 0.3 is 0 Å². The fourth-order valence-corrected chi connectivity index (χ4v) is 2.97. The average molecular weight is 361 g/mol. The van der Waals surface area contributed by atoms with E-state index in [2.05, 4.69) is 15.0 Å². The van der Waals surface area contributed by atoms with Crippen LogP contribution in [-0.2, 0) is 16.4 Å². The van der Waals surface area contributed by atoms with Crippen molar-refractivity contribution in [3.63, 3.8) is 0 Å². The smallest absolute Gasteiger partial charge is 0.251 e. The summed E-state index contributed by atoms with van der Waals surface area (Å²) in [5, 5.41) is 2.93. The fraction of sp³-hybridized carbons (Fsp3) is 0.333. The molecule has 1 amide bonds. The summed E-state index contributed by atoms with van der Waals surface area (Å²) < 4.78 is 25.5. The molecular formula is C18H23N3O3S. The van der Waals surface area contributed by atoms with Gasteiger partial charge in [-0.3, -0.25) is 14.5 Å². The molecule has 1 atom stereocenters. The zero-order valence-electron chi connectivity index (χ0n) is 14.6. The molecule has 0 bridgehead atoms. The van der Waals surface area contributed by atoms with Crippen molar-refractivity contribution in [2.24, 2.45) is 0 Å². The molecule has 0 aliphatic rings. The second kappa shape index (κ2) is 8.11. The van der Waals surface area contributed by atoms with Gasteiger partial charge in [-0.15, -0.1) is 0 Å². The van der Waals surface area contributed by atoms with Gasteiger partial charge in [0.2, 0.25) is 10.0 Å². The van der Waals surface area contributed by atoms with Crippen LogP contribution in [0.4, 0.5) is 5.69 Å². The molecule has 0 fully saturated rings. The van der Waals surface area contributed by atoms with Crippen LogP contribution in [0.3, 0.4) is 0 Å². The van der Waals surface area contributed by atoms with Crippen LogP contribution in [0.25, 0.3) is 0 Å². The van der Waals surface area contributed by atoms with E-state index < -0.39 is 10.0 Å². The predicted octanol–water partition coefficient (Wildman–Crippen LogP) is 2.51. The summed E-state index contributed by atoms with van der Waals surface area (Å²) in [6.07, 6.45) is 0.641. The number of sulfonamides is 1. The summed E-state index contributed by atoms with van der Waals surface area (Å²) in [6.45, 7) is 5.42. The topological polar surface area (TPSA) is 88.2 Å². The first-order valence-corrected chi connectivity index (χ1v) is 9.78. The van der Waals surface area contributed by atoms with Crippen molar-refractivity contribution in [2.45, 2.75) is 33.2 Å². The van der Waals surface area contributed by atoms with Crippen LogP contribution in [0.2, 0.25) is 0 Å². The Hall–Kier alpha value is -2.41. The van der Waals surface area contributed by atoms with Gasteiger partial charge in [0, 0.05) is 35.1 Å². The van der Waals surface area contributed by atoms with Crippen LogP contribution in [0.5, 0.6) is 0 Å². The Bertz CT molecular complexity index is 833. The van der Waals surface area contributed by atoms with E-state index in [1.165, 1.54) is 0 Å². The zero-order valence-corrected chi connectivity index (χ0v) is 15.4. The molecule has 6 nitrogen and oxygen atoms in total. The molecule has 1 aromatic heterocycles. The van der Waals surface area contributed by atoms with Gasteiger partial charge in [-0.1, -0.05) is 6.07 Å². The van der Waals surface area contributed by atoms with Crippen molar-refractivity contribution >= 4 is 21.6 Å². The molecule has 2 rings (SSSR count). The minimum atomic E-state index is -3.32. The van der Waals surface area contributed by atoms with E-state index in [9.17, 15) is 13.2 Å². The van der Waals surface area contributed by atoms with Gasteiger partial charge in [-0.25, -0.2) is 8.42 Å². The monoisotopic (exact) mass is 361 g/mol. The number of benzene rings is 1. The lowest BCUT2D eigenvalue weighted by molar-refractivity contribution is 0.0940. The first-order chi connectivity index (χ1) is 11.8. The number of aryl methyl sites for hydroxylation is 1. The number of nitrogens with one attached hydrogen (secondary N) is 2. The minimum absolute atomic E-state index is 0.000250. The highest BCUT2D eigenvalue weighted by Gasteiger charge is 2.12. The minimum Gasteiger partial charge on any atom is -0.349 e. The second-order valence-electron chi connectivity index (χ2n) is 5.93. The Balaban J connectivity index is 1.96. The highest BCUT2D eigenvalue weighted by atomic mass is 32.2. The Morgan fingerprint density at radius 3 is 2.44 bits per heavy atom. The third-order valence-corrected chi connectivity index (χ3v) is 4.95. The van der Waals surface area contributed by atoms with Gasteiger partial charge < -0.3 is 5.32 Å². The molecule has 134 valence electrons. The third kappa shape index (κ3) is 5.86. The Labute approximate surface area is 148 Å². The molecule has 0 aliphatic carbocycles. The van der Waals surface area contributed by atoms with Gasteiger partial charge in [0.1, 0.15) is 0 Å². The molecule has 0 saturated heterocycles. The van der Waals surface area contributed by atoms with Gasteiger partial charge in [0.05, 0.1) is 5.75 Å². The van der Waals surface area contributed by atoms with Crippen molar-refractivity contribution in [3.05, 3.63) is 59.4 Å². The van der Waals surface area contributed by atoms with E-state index in [1.54, 1.807) is 31.2 Å². The quantitative estimate of drug-likeness (QED) is 0.793. The summed E-state index contributed by atoms with van der Waals surface area (Å²) in [5.41, 5.74) is 2.79. The number of anilines is 1. The van der Waals surface area contributed by atoms with E-state index in [-0.39, 0.29) is 17.7 Å². The van der Waals surface area contributed by atoms with E-state index >= 15 is 0 Å². The number of carbonyl (C=O) groups excluding carboxylic acids is 1. The predicted molar refractivity (Wildman–Crippen MR) is 99.1 cm³/mol. The number of pyridine rings is 1. The molecule has 0 spiro atoms. The number of hydrogen-bond donors (Lipinski definition) is 2. The van der Waals surface area contributed by atoms with Crippen LogP contribution in [0, 0.1) is 6.92 Å². The lowest BCUT2D eigenvalue weighted by Gasteiger charge is -2.14. The number of nitrogens with zero attached hydrogens (tertiary/aromatic N) is 1. The number of aromatic nitrogens is 1. The molecule has 1 heterocycles. The maximum atomic E-state index is 12.3. The fourth-order valence-electron chi connectivity index (χ4n) is 2.33. The van der Waals surface area contributed by atoms with Crippen LogP contribution in [-0.4, -0.2) is 31.1 Å². The average Bonchev–Trinajstić information content (AvgIpc) is 2.55. The van der Waals surface area contributed by atoms with Crippen molar-refractivity contribution in [1.82, 2.24) is 10.3 Å². The lowest BCUT2D eigenvalue weighted by Crippen LogP contribution is -2.34. The number of carbonyl (C=O) groups is 1. The van der Waals surface area contributed by atoms with Crippen LogP contribution >= 0.6 is 0 Å². The third-order valence-electron chi connectivity index (χ3n) is 3.64. The van der Waals surface area contributed by atoms with Crippen molar-refractivity contribution in [3.8, 4) is 0 Å². The molecular weight excluding hydrogens is 338 g/mol. The zero-order chi connectivity index (χ0) is 18.4. The van der Waals surface area contributed by atoms with Crippen molar-refractivity contribution in [1.29, 1.82) is 0 Å². The molecule has 0 unspecified atom stereocenters. The molecule has 2 N–H and O–H groups in total. The standard InChI is InChI=1S/C18H23N3O3S/c1-4-25(23,24)21-16-10-8-15(9-11-16)18(22)20-14(3)12-17-7-5-6-13(2)19-17/h5-11,14,21H,4,12H2,1-3H3,(H,20,22)/t14-/m0/s1.